The zero-order chi connectivity index (χ0) is 18.1. The Balaban J connectivity index is 1.67. The first kappa shape index (κ1) is 18.5. The summed E-state index contributed by atoms with van der Waals surface area (Å²) in [6, 6.07) is 3.48. The molecule has 9 heteroatoms. The van der Waals surface area contributed by atoms with Crippen LogP contribution in [0.5, 0.6) is 0 Å². The van der Waals surface area contributed by atoms with Crippen LogP contribution in [0.25, 0.3) is 0 Å². The highest BCUT2D eigenvalue weighted by atomic mass is 32.2. The minimum Gasteiger partial charge on any atom is -0.356 e. The van der Waals surface area contributed by atoms with Crippen molar-refractivity contribution in [1.29, 1.82) is 0 Å². The predicted octanol–water partition coefficient (Wildman–Crippen LogP) is 1.69. The second kappa shape index (κ2) is 7.13. The normalized spacial score (nSPS) is 22.9. The molecule has 2 aliphatic heterocycles. The molecule has 1 N–H and O–H groups in total. The van der Waals surface area contributed by atoms with Crippen molar-refractivity contribution in [1.82, 2.24) is 14.6 Å². The number of hydrogen-bond acceptors (Lipinski definition) is 5. The van der Waals surface area contributed by atoms with Crippen molar-refractivity contribution in [3.05, 3.63) is 18.3 Å². The highest BCUT2D eigenvalue weighted by Gasteiger charge is 2.34. The minimum atomic E-state index is -3.56. The van der Waals surface area contributed by atoms with E-state index in [1.165, 1.54) is 16.6 Å². The number of piperidine rings is 2. The van der Waals surface area contributed by atoms with Crippen molar-refractivity contribution < 1.29 is 17.2 Å². The van der Waals surface area contributed by atoms with E-state index < -0.39 is 15.9 Å². The van der Waals surface area contributed by atoms with Crippen LogP contribution in [0.4, 0.5) is 14.6 Å². The summed E-state index contributed by atoms with van der Waals surface area (Å²) in [7, 11) is -1.67. The summed E-state index contributed by atoms with van der Waals surface area (Å²) >= 11 is 0. The van der Waals surface area contributed by atoms with Gasteiger partial charge in [0.1, 0.15) is 10.7 Å². The van der Waals surface area contributed by atoms with Crippen LogP contribution in [0.2, 0.25) is 0 Å². The summed E-state index contributed by atoms with van der Waals surface area (Å²) in [5, 5.41) is 3.17. The van der Waals surface area contributed by atoms with E-state index in [0.717, 1.165) is 12.8 Å². The molecule has 0 spiro atoms. The van der Waals surface area contributed by atoms with Crippen molar-refractivity contribution >= 4 is 15.8 Å². The summed E-state index contributed by atoms with van der Waals surface area (Å²) < 4.78 is 53.4. The Morgan fingerprint density at radius 1 is 1.16 bits per heavy atom. The average molecular weight is 374 g/mol. The lowest BCUT2D eigenvalue weighted by molar-refractivity contribution is -0.0221. The Bertz CT molecular complexity index is 679. The van der Waals surface area contributed by atoms with Gasteiger partial charge in [0.15, 0.2) is 0 Å². The van der Waals surface area contributed by atoms with Gasteiger partial charge in [-0.2, -0.15) is 4.31 Å². The Kier molecular flexibility index (Phi) is 5.26. The zero-order valence-electron chi connectivity index (χ0n) is 14.3. The van der Waals surface area contributed by atoms with Gasteiger partial charge >= 0.3 is 0 Å². The third-order valence-electron chi connectivity index (χ3n) is 5.04. The Hall–Kier alpha value is -1.32. The fraction of sp³-hybridized carbons (Fsp3) is 0.688. The fourth-order valence-electron chi connectivity index (χ4n) is 3.31. The van der Waals surface area contributed by atoms with Crippen LogP contribution in [0.1, 0.15) is 25.7 Å². The van der Waals surface area contributed by atoms with Gasteiger partial charge in [0.25, 0.3) is 5.92 Å². The van der Waals surface area contributed by atoms with Crippen LogP contribution >= 0.6 is 0 Å². The number of aromatic nitrogens is 1. The molecule has 2 saturated heterocycles. The average Bonchev–Trinajstić information content (AvgIpc) is 2.62. The number of rotatable bonds is 4. The van der Waals surface area contributed by atoms with Crippen molar-refractivity contribution in [2.24, 2.45) is 0 Å². The summed E-state index contributed by atoms with van der Waals surface area (Å²) in [5.41, 5.74) is 0. The van der Waals surface area contributed by atoms with Crippen molar-refractivity contribution in [3.63, 3.8) is 0 Å². The molecule has 2 fully saturated rings. The van der Waals surface area contributed by atoms with E-state index in [4.69, 9.17) is 0 Å². The Morgan fingerprint density at radius 3 is 2.32 bits per heavy atom. The van der Waals surface area contributed by atoms with Crippen molar-refractivity contribution in [3.8, 4) is 0 Å². The van der Waals surface area contributed by atoms with E-state index in [-0.39, 0.29) is 30.8 Å². The van der Waals surface area contributed by atoms with Gasteiger partial charge in [-0.1, -0.05) is 0 Å². The quantitative estimate of drug-likeness (QED) is 0.869. The van der Waals surface area contributed by atoms with Crippen molar-refractivity contribution in [2.75, 3.05) is 38.1 Å². The third kappa shape index (κ3) is 4.09. The standard InChI is InChI=1S/C16H24F2N4O2S/c1-19-13-4-8-22(9-5-13)25(23,24)14-2-3-15(20-12-14)21-10-6-16(17,18)7-11-21/h2-3,12-13,19H,4-11H2,1H3. The fourth-order valence-corrected chi connectivity index (χ4v) is 4.72. The number of pyridine rings is 1. The first-order valence-corrected chi connectivity index (χ1v) is 10.0. The highest BCUT2D eigenvalue weighted by molar-refractivity contribution is 7.89. The molecule has 0 bridgehead atoms. The van der Waals surface area contributed by atoms with Gasteiger partial charge in [-0.15, -0.1) is 0 Å². The van der Waals surface area contributed by atoms with Gasteiger partial charge < -0.3 is 10.2 Å². The predicted molar refractivity (Wildman–Crippen MR) is 91.5 cm³/mol. The number of sulfonamides is 1. The summed E-state index contributed by atoms with van der Waals surface area (Å²) in [6.45, 7) is 1.42. The monoisotopic (exact) mass is 374 g/mol. The van der Waals surface area contributed by atoms with Crippen molar-refractivity contribution in [2.45, 2.75) is 42.5 Å². The van der Waals surface area contributed by atoms with Gasteiger partial charge in [0.05, 0.1) is 0 Å². The number of nitrogens with one attached hydrogen (secondary N) is 1. The number of alkyl halides is 2. The lowest BCUT2D eigenvalue weighted by Crippen LogP contribution is -2.43. The molecule has 0 saturated carbocycles. The molecule has 3 heterocycles. The van der Waals surface area contributed by atoms with Crippen LogP contribution in [-0.2, 0) is 10.0 Å². The number of halogens is 2. The Morgan fingerprint density at radius 2 is 1.80 bits per heavy atom. The van der Waals surface area contributed by atoms with E-state index >= 15 is 0 Å². The van der Waals surface area contributed by atoms with E-state index in [2.05, 4.69) is 10.3 Å². The molecule has 0 unspecified atom stereocenters. The zero-order valence-corrected chi connectivity index (χ0v) is 15.1. The second-order valence-corrected chi connectivity index (χ2v) is 8.60. The van der Waals surface area contributed by atoms with Crippen LogP contribution in [-0.4, -0.2) is 62.9 Å². The van der Waals surface area contributed by atoms with Gasteiger partial charge in [-0.25, -0.2) is 22.2 Å². The number of nitrogens with zero attached hydrogens (tertiary/aromatic N) is 3. The van der Waals surface area contributed by atoms with Gasteiger partial charge in [0.2, 0.25) is 10.0 Å². The van der Waals surface area contributed by atoms with Crippen LogP contribution in [0.3, 0.4) is 0 Å². The molecule has 0 aliphatic carbocycles. The lowest BCUT2D eigenvalue weighted by atomic mass is 10.1. The van der Waals surface area contributed by atoms with Crippen LogP contribution in [0, 0.1) is 0 Å². The topological polar surface area (TPSA) is 65.5 Å². The molecule has 0 radical (unpaired) electrons. The second-order valence-electron chi connectivity index (χ2n) is 6.66. The first-order valence-electron chi connectivity index (χ1n) is 8.58. The smallest absolute Gasteiger partial charge is 0.251 e. The molecule has 6 nitrogen and oxygen atoms in total. The van der Waals surface area contributed by atoms with E-state index in [0.29, 0.717) is 24.9 Å². The van der Waals surface area contributed by atoms with E-state index in [1.54, 1.807) is 11.0 Å². The van der Waals surface area contributed by atoms with Gasteiger partial charge in [-0.05, 0) is 32.0 Å². The molecule has 1 aromatic rings. The highest BCUT2D eigenvalue weighted by Crippen LogP contribution is 2.30. The summed E-state index contributed by atoms with van der Waals surface area (Å²) in [4.78, 5) is 6.13. The number of anilines is 1. The van der Waals surface area contributed by atoms with Gasteiger partial charge in [0, 0.05) is 51.3 Å². The van der Waals surface area contributed by atoms with E-state index in [1.807, 2.05) is 7.05 Å². The maximum Gasteiger partial charge on any atom is 0.251 e. The minimum absolute atomic E-state index is 0.154. The van der Waals surface area contributed by atoms with Gasteiger partial charge in [-0.3, -0.25) is 0 Å². The maximum atomic E-state index is 13.2. The molecule has 3 rings (SSSR count). The molecule has 2 aliphatic rings. The lowest BCUT2D eigenvalue weighted by Gasteiger charge is -2.33. The number of hydrogen-bond donors (Lipinski definition) is 1. The summed E-state index contributed by atoms with van der Waals surface area (Å²) in [5.74, 6) is -2.07. The van der Waals surface area contributed by atoms with E-state index in [9.17, 15) is 17.2 Å². The summed E-state index contributed by atoms with van der Waals surface area (Å²) in [6.07, 6.45) is 2.50. The molecule has 0 aromatic carbocycles. The molecule has 25 heavy (non-hydrogen) atoms. The molecular weight excluding hydrogens is 350 g/mol. The third-order valence-corrected chi connectivity index (χ3v) is 6.92. The first-order chi connectivity index (χ1) is 11.8. The largest absolute Gasteiger partial charge is 0.356 e. The molecule has 140 valence electrons. The SMILES string of the molecule is CNC1CCN(S(=O)(=O)c2ccc(N3CCC(F)(F)CC3)nc2)CC1. The Labute approximate surface area is 147 Å². The molecule has 0 amide bonds. The molecule has 0 atom stereocenters. The molecule has 1 aromatic heterocycles. The maximum absolute atomic E-state index is 13.2. The molecular formula is C16H24F2N4O2S. The van der Waals surface area contributed by atoms with Crippen LogP contribution in [0.15, 0.2) is 23.2 Å². The van der Waals surface area contributed by atoms with Crippen LogP contribution < -0.4 is 10.2 Å².